The van der Waals surface area contributed by atoms with Crippen LogP contribution in [0.2, 0.25) is 0 Å². The van der Waals surface area contributed by atoms with Gasteiger partial charge in [-0.3, -0.25) is 0 Å². The normalized spacial score (nSPS) is 12.2. The van der Waals surface area contributed by atoms with Crippen molar-refractivity contribution < 1.29 is 9.84 Å². The number of rotatable bonds is 5. The highest BCUT2D eigenvalue weighted by Gasteiger charge is 2.00. The zero-order valence-electron chi connectivity index (χ0n) is 8.66. The Morgan fingerprint density at radius 2 is 2.00 bits per heavy atom. The molecule has 78 valence electrons. The molecule has 0 saturated carbocycles. The second-order valence-electron chi connectivity index (χ2n) is 3.29. The van der Waals surface area contributed by atoms with E-state index in [2.05, 4.69) is 5.32 Å². The topological polar surface area (TPSA) is 41.5 Å². The van der Waals surface area contributed by atoms with Gasteiger partial charge in [-0.15, -0.1) is 0 Å². The number of methoxy groups -OCH3 is 1. The van der Waals surface area contributed by atoms with Gasteiger partial charge in [-0.25, -0.2) is 0 Å². The summed E-state index contributed by atoms with van der Waals surface area (Å²) in [6.07, 6.45) is 0.756. The third kappa shape index (κ3) is 3.26. The van der Waals surface area contributed by atoms with E-state index >= 15 is 0 Å². The van der Waals surface area contributed by atoms with Crippen LogP contribution in [0.1, 0.15) is 13.3 Å². The van der Waals surface area contributed by atoms with Crippen molar-refractivity contribution in [1.82, 2.24) is 0 Å². The van der Waals surface area contributed by atoms with E-state index in [9.17, 15) is 0 Å². The largest absolute Gasteiger partial charge is 0.497 e. The van der Waals surface area contributed by atoms with Crippen LogP contribution in [0.3, 0.4) is 0 Å². The van der Waals surface area contributed by atoms with E-state index in [-0.39, 0.29) is 12.6 Å². The van der Waals surface area contributed by atoms with Crippen molar-refractivity contribution in [1.29, 1.82) is 0 Å². The highest BCUT2D eigenvalue weighted by Crippen LogP contribution is 2.16. The maximum Gasteiger partial charge on any atom is 0.119 e. The number of ether oxygens (including phenoxy) is 1. The van der Waals surface area contributed by atoms with Gasteiger partial charge in [-0.2, -0.15) is 0 Å². The van der Waals surface area contributed by atoms with E-state index in [0.717, 1.165) is 17.9 Å². The minimum absolute atomic E-state index is 0.213. The fourth-order valence-electron chi connectivity index (χ4n) is 1.24. The van der Waals surface area contributed by atoms with Crippen LogP contribution >= 0.6 is 0 Å². The molecule has 0 amide bonds. The molecule has 1 aromatic rings. The minimum atomic E-state index is 0.213. The number of nitrogens with one attached hydrogen (secondary N) is 1. The Morgan fingerprint density at radius 3 is 2.50 bits per heavy atom. The second-order valence-corrected chi connectivity index (χ2v) is 3.29. The van der Waals surface area contributed by atoms with E-state index in [4.69, 9.17) is 9.84 Å². The molecule has 0 saturated heterocycles. The highest BCUT2D eigenvalue weighted by atomic mass is 16.5. The van der Waals surface area contributed by atoms with Crippen LogP contribution in [0.4, 0.5) is 5.69 Å². The summed E-state index contributed by atoms with van der Waals surface area (Å²) in [5.41, 5.74) is 1.05. The van der Waals surface area contributed by atoms with Crippen molar-refractivity contribution in [2.24, 2.45) is 0 Å². The fraction of sp³-hybridized carbons (Fsp3) is 0.455. The molecule has 1 rings (SSSR count). The van der Waals surface area contributed by atoms with Crippen molar-refractivity contribution in [3.05, 3.63) is 24.3 Å². The lowest BCUT2D eigenvalue weighted by molar-refractivity contribution is 0.282. The van der Waals surface area contributed by atoms with Crippen molar-refractivity contribution >= 4 is 5.69 Å². The minimum Gasteiger partial charge on any atom is -0.497 e. The molecule has 2 N–H and O–H groups in total. The van der Waals surface area contributed by atoms with Crippen LogP contribution in [-0.4, -0.2) is 24.9 Å². The molecule has 3 nitrogen and oxygen atoms in total. The zero-order valence-corrected chi connectivity index (χ0v) is 8.66. The first-order chi connectivity index (χ1) is 6.76. The first-order valence-electron chi connectivity index (χ1n) is 4.77. The first-order valence-corrected chi connectivity index (χ1v) is 4.77. The molecule has 0 aromatic heterocycles. The van der Waals surface area contributed by atoms with Gasteiger partial charge in [0, 0.05) is 18.3 Å². The lowest BCUT2D eigenvalue weighted by atomic mass is 10.2. The third-order valence-corrected chi connectivity index (χ3v) is 2.07. The quantitative estimate of drug-likeness (QED) is 0.753. The lowest BCUT2D eigenvalue weighted by Crippen LogP contribution is -2.16. The molecule has 0 aliphatic carbocycles. The average Bonchev–Trinajstić information content (AvgIpc) is 2.19. The summed E-state index contributed by atoms with van der Waals surface area (Å²) >= 11 is 0. The summed E-state index contributed by atoms with van der Waals surface area (Å²) < 4.78 is 5.05. The number of anilines is 1. The Bertz CT molecular complexity index is 258. The van der Waals surface area contributed by atoms with Crippen LogP contribution < -0.4 is 10.1 Å². The van der Waals surface area contributed by atoms with Crippen LogP contribution in [-0.2, 0) is 0 Å². The smallest absolute Gasteiger partial charge is 0.119 e. The molecule has 1 atom stereocenters. The molecule has 0 spiro atoms. The molecule has 0 radical (unpaired) electrons. The van der Waals surface area contributed by atoms with Crippen LogP contribution in [0, 0.1) is 0 Å². The summed E-state index contributed by atoms with van der Waals surface area (Å²) in [4.78, 5) is 0. The Kier molecular flexibility index (Phi) is 4.26. The fourth-order valence-corrected chi connectivity index (χ4v) is 1.24. The second kappa shape index (κ2) is 5.50. The Hall–Kier alpha value is -1.22. The van der Waals surface area contributed by atoms with Gasteiger partial charge in [-0.1, -0.05) is 0 Å². The van der Waals surface area contributed by atoms with E-state index in [0.29, 0.717) is 0 Å². The maximum absolute atomic E-state index is 8.74. The van der Waals surface area contributed by atoms with Crippen molar-refractivity contribution in [3.8, 4) is 5.75 Å². The zero-order chi connectivity index (χ0) is 10.4. The van der Waals surface area contributed by atoms with Gasteiger partial charge in [0.15, 0.2) is 0 Å². The van der Waals surface area contributed by atoms with Gasteiger partial charge in [0.25, 0.3) is 0 Å². The number of hydrogen-bond acceptors (Lipinski definition) is 3. The number of hydrogen-bond donors (Lipinski definition) is 2. The standard InChI is InChI=1S/C11H17NO2/c1-9(7-8-13)12-10-3-5-11(14-2)6-4-10/h3-6,9,12-13H,7-8H2,1-2H3. The van der Waals surface area contributed by atoms with E-state index < -0.39 is 0 Å². The molecule has 1 aromatic carbocycles. The number of benzene rings is 1. The van der Waals surface area contributed by atoms with Crippen LogP contribution in [0.15, 0.2) is 24.3 Å². The molecule has 0 heterocycles. The Balaban J connectivity index is 2.50. The highest BCUT2D eigenvalue weighted by molar-refractivity contribution is 5.46. The number of aliphatic hydroxyl groups is 1. The van der Waals surface area contributed by atoms with Crippen LogP contribution in [0.25, 0.3) is 0 Å². The summed E-state index contributed by atoms with van der Waals surface area (Å²) in [5.74, 6) is 0.852. The van der Waals surface area contributed by atoms with Gasteiger partial charge >= 0.3 is 0 Å². The summed E-state index contributed by atoms with van der Waals surface area (Å²) in [6.45, 7) is 2.25. The Morgan fingerprint density at radius 1 is 1.36 bits per heavy atom. The SMILES string of the molecule is COc1ccc(NC(C)CCO)cc1. The monoisotopic (exact) mass is 195 g/mol. The van der Waals surface area contributed by atoms with Gasteiger partial charge in [-0.05, 0) is 37.6 Å². The van der Waals surface area contributed by atoms with Gasteiger partial charge in [0.05, 0.1) is 7.11 Å². The van der Waals surface area contributed by atoms with E-state index in [1.807, 2.05) is 31.2 Å². The van der Waals surface area contributed by atoms with Gasteiger partial charge in [0.1, 0.15) is 5.75 Å². The molecule has 14 heavy (non-hydrogen) atoms. The maximum atomic E-state index is 8.74. The molecule has 0 bridgehead atoms. The molecule has 0 aliphatic heterocycles. The van der Waals surface area contributed by atoms with E-state index in [1.165, 1.54) is 0 Å². The lowest BCUT2D eigenvalue weighted by Gasteiger charge is -2.13. The molecular formula is C11H17NO2. The molecule has 1 unspecified atom stereocenters. The molecule has 0 aliphatic rings. The van der Waals surface area contributed by atoms with Gasteiger partial charge in [0.2, 0.25) is 0 Å². The van der Waals surface area contributed by atoms with Crippen molar-refractivity contribution in [3.63, 3.8) is 0 Å². The van der Waals surface area contributed by atoms with Crippen molar-refractivity contribution in [2.45, 2.75) is 19.4 Å². The molecular weight excluding hydrogens is 178 g/mol. The summed E-state index contributed by atoms with van der Waals surface area (Å²) in [6, 6.07) is 8.04. The van der Waals surface area contributed by atoms with Crippen molar-refractivity contribution in [2.75, 3.05) is 19.0 Å². The number of aliphatic hydroxyl groups excluding tert-OH is 1. The van der Waals surface area contributed by atoms with E-state index in [1.54, 1.807) is 7.11 Å². The molecule has 3 heteroatoms. The van der Waals surface area contributed by atoms with Gasteiger partial charge < -0.3 is 15.2 Å². The van der Waals surface area contributed by atoms with Crippen LogP contribution in [0.5, 0.6) is 5.75 Å². The predicted molar refractivity (Wildman–Crippen MR) is 57.8 cm³/mol. The Labute approximate surface area is 84.7 Å². The molecule has 0 fully saturated rings. The summed E-state index contributed by atoms with van der Waals surface area (Å²) in [5, 5.41) is 12.0. The first kappa shape index (κ1) is 10.9. The average molecular weight is 195 g/mol. The third-order valence-electron chi connectivity index (χ3n) is 2.07. The summed E-state index contributed by atoms with van der Waals surface area (Å²) in [7, 11) is 1.65. The predicted octanol–water partition coefficient (Wildman–Crippen LogP) is 1.88.